The first-order valence-corrected chi connectivity index (χ1v) is 6.39. The van der Waals surface area contributed by atoms with E-state index in [-0.39, 0.29) is 13.0 Å². The number of carboxylic acids is 1. The first-order chi connectivity index (χ1) is 8.93. The molecule has 1 aliphatic heterocycles. The number of nitrogens with zero attached hydrogens (tertiary/aromatic N) is 2. The minimum Gasteiger partial charge on any atom is -0.480 e. The molecule has 1 aromatic rings. The van der Waals surface area contributed by atoms with E-state index in [4.69, 9.17) is 16.7 Å². The van der Waals surface area contributed by atoms with Crippen LogP contribution in [0.25, 0.3) is 0 Å². The highest BCUT2D eigenvalue weighted by Gasteiger charge is 2.39. The molecule has 7 heteroatoms. The van der Waals surface area contributed by atoms with Crippen molar-refractivity contribution in [1.29, 1.82) is 0 Å². The van der Waals surface area contributed by atoms with Gasteiger partial charge in [0.15, 0.2) is 0 Å². The monoisotopic (exact) mass is 286 g/mol. The van der Waals surface area contributed by atoms with Gasteiger partial charge in [0.2, 0.25) is 0 Å². The summed E-state index contributed by atoms with van der Waals surface area (Å²) in [7, 11) is 0. The summed E-state index contributed by atoms with van der Waals surface area (Å²) in [6.45, 7) is 2.45. The first-order valence-electron chi connectivity index (χ1n) is 6.01. The van der Waals surface area contributed by atoms with E-state index in [1.807, 2.05) is 6.92 Å². The van der Waals surface area contributed by atoms with Crippen molar-refractivity contribution in [2.75, 3.05) is 6.54 Å². The van der Waals surface area contributed by atoms with Gasteiger partial charge in [-0.3, -0.25) is 4.79 Å². The molecule has 0 saturated carbocycles. The standard InChI is InChI=1S/C12H15ClN2O4/c1-2-14-5-7(13)3-9(14)11(17)15-6-8(16)4-10(15)12(18)19/h3,5,8,10,16H,2,4,6H2,1H3,(H,18,19)/t8?,10-/m0/s1. The summed E-state index contributed by atoms with van der Waals surface area (Å²) >= 11 is 5.87. The highest BCUT2D eigenvalue weighted by Crippen LogP contribution is 2.23. The Morgan fingerprint density at radius 3 is 2.79 bits per heavy atom. The lowest BCUT2D eigenvalue weighted by Gasteiger charge is -2.21. The molecule has 0 radical (unpaired) electrons. The van der Waals surface area contributed by atoms with Crippen molar-refractivity contribution in [3.8, 4) is 0 Å². The van der Waals surface area contributed by atoms with Crippen LogP contribution in [-0.4, -0.2) is 50.2 Å². The number of aryl methyl sites for hydroxylation is 1. The van der Waals surface area contributed by atoms with Crippen LogP contribution in [0.5, 0.6) is 0 Å². The smallest absolute Gasteiger partial charge is 0.326 e. The second-order valence-corrected chi connectivity index (χ2v) is 4.97. The second kappa shape index (κ2) is 5.22. The van der Waals surface area contributed by atoms with Crippen LogP contribution >= 0.6 is 11.6 Å². The maximum absolute atomic E-state index is 12.4. The molecule has 1 aliphatic rings. The summed E-state index contributed by atoms with van der Waals surface area (Å²) in [6, 6.07) is 0.526. The number of aromatic nitrogens is 1. The molecule has 0 spiro atoms. The van der Waals surface area contributed by atoms with Crippen LogP contribution in [0.2, 0.25) is 5.02 Å². The Morgan fingerprint density at radius 1 is 1.53 bits per heavy atom. The van der Waals surface area contributed by atoms with E-state index in [0.29, 0.717) is 17.3 Å². The van der Waals surface area contributed by atoms with Crippen molar-refractivity contribution < 1.29 is 19.8 Å². The Balaban J connectivity index is 2.30. The molecule has 104 valence electrons. The number of aliphatic hydroxyl groups excluding tert-OH is 1. The topological polar surface area (TPSA) is 82.8 Å². The average Bonchev–Trinajstić information content (AvgIpc) is 2.91. The van der Waals surface area contributed by atoms with Crippen LogP contribution in [0, 0.1) is 0 Å². The highest BCUT2D eigenvalue weighted by molar-refractivity contribution is 6.31. The third-order valence-corrected chi connectivity index (χ3v) is 3.45. The van der Waals surface area contributed by atoms with Crippen molar-refractivity contribution in [2.24, 2.45) is 0 Å². The van der Waals surface area contributed by atoms with Crippen LogP contribution in [0.4, 0.5) is 0 Å². The zero-order valence-electron chi connectivity index (χ0n) is 10.4. The molecule has 1 amide bonds. The number of hydrogen-bond acceptors (Lipinski definition) is 3. The number of rotatable bonds is 3. The molecule has 1 saturated heterocycles. The number of β-amino-alcohol motifs (C(OH)–C–C–N with tert-alkyl or cyclic N) is 1. The molecule has 1 aromatic heterocycles. The van der Waals surface area contributed by atoms with E-state index in [1.54, 1.807) is 10.8 Å². The van der Waals surface area contributed by atoms with E-state index in [0.717, 1.165) is 0 Å². The molecule has 2 rings (SSSR count). The van der Waals surface area contributed by atoms with Gasteiger partial charge in [-0.1, -0.05) is 11.6 Å². The Bertz CT molecular complexity index is 514. The third kappa shape index (κ3) is 2.59. The molecule has 0 aliphatic carbocycles. The molecule has 2 heterocycles. The molecule has 2 N–H and O–H groups in total. The Hall–Kier alpha value is -1.53. The number of aliphatic carboxylic acids is 1. The number of carbonyl (C=O) groups is 2. The van der Waals surface area contributed by atoms with Gasteiger partial charge in [0, 0.05) is 25.7 Å². The maximum atomic E-state index is 12.4. The van der Waals surface area contributed by atoms with Crippen LogP contribution in [-0.2, 0) is 11.3 Å². The number of aliphatic hydroxyl groups is 1. The van der Waals surface area contributed by atoms with E-state index >= 15 is 0 Å². The summed E-state index contributed by atoms with van der Waals surface area (Å²) in [6.07, 6.45) is 0.879. The second-order valence-electron chi connectivity index (χ2n) is 4.53. The Kier molecular flexibility index (Phi) is 3.82. The fourth-order valence-electron chi connectivity index (χ4n) is 2.33. The maximum Gasteiger partial charge on any atom is 0.326 e. The largest absolute Gasteiger partial charge is 0.480 e. The molecule has 0 bridgehead atoms. The van der Waals surface area contributed by atoms with E-state index in [9.17, 15) is 14.7 Å². The average molecular weight is 287 g/mol. The van der Waals surface area contributed by atoms with Crippen molar-refractivity contribution in [3.05, 3.63) is 23.0 Å². The van der Waals surface area contributed by atoms with Gasteiger partial charge in [-0.05, 0) is 13.0 Å². The van der Waals surface area contributed by atoms with Gasteiger partial charge in [-0.25, -0.2) is 4.79 Å². The number of likely N-dealkylation sites (tertiary alicyclic amines) is 1. The lowest BCUT2D eigenvalue weighted by Crippen LogP contribution is -2.41. The highest BCUT2D eigenvalue weighted by atomic mass is 35.5. The summed E-state index contributed by atoms with van der Waals surface area (Å²) in [5, 5.41) is 19.1. The lowest BCUT2D eigenvalue weighted by atomic mass is 10.2. The molecule has 1 unspecified atom stereocenters. The van der Waals surface area contributed by atoms with Crippen LogP contribution in [0.15, 0.2) is 12.3 Å². The SMILES string of the molecule is CCn1cc(Cl)cc1C(=O)N1CC(O)C[C@H]1C(=O)O. The van der Waals surface area contributed by atoms with Crippen LogP contribution in [0.1, 0.15) is 23.8 Å². The summed E-state index contributed by atoms with van der Waals surface area (Å²) in [5.41, 5.74) is 0.341. The minimum atomic E-state index is -1.11. The van der Waals surface area contributed by atoms with Gasteiger partial charge in [0.05, 0.1) is 11.1 Å². The Morgan fingerprint density at radius 2 is 2.21 bits per heavy atom. The van der Waals surface area contributed by atoms with Crippen molar-refractivity contribution >= 4 is 23.5 Å². The van der Waals surface area contributed by atoms with E-state index in [2.05, 4.69) is 0 Å². The molecule has 19 heavy (non-hydrogen) atoms. The van der Waals surface area contributed by atoms with Crippen molar-refractivity contribution in [1.82, 2.24) is 9.47 Å². The number of hydrogen-bond donors (Lipinski definition) is 2. The normalized spacial score (nSPS) is 22.8. The van der Waals surface area contributed by atoms with Crippen LogP contribution in [0.3, 0.4) is 0 Å². The quantitative estimate of drug-likeness (QED) is 0.862. The summed E-state index contributed by atoms with van der Waals surface area (Å²) < 4.78 is 1.66. The molecule has 2 atom stereocenters. The van der Waals surface area contributed by atoms with E-state index < -0.39 is 24.0 Å². The zero-order chi connectivity index (χ0) is 14.2. The van der Waals surface area contributed by atoms with Gasteiger partial charge in [0.1, 0.15) is 11.7 Å². The predicted molar refractivity (Wildman–Crippen MR) is 68.2 cm³/mol. The number of amides is 1. The Labute approximate surface area is 115 Å². The van der Waals surface area contributed by atoms with Gasteiger partial charge in [-0.15, -0.1) is 0 Å². The third-order valence-electron chi connectivity index (χ3n) is 3.25. The zero-order valence-corrected chi connectivity index (χ0v) is 11.2. The minimum absolute atomic E-state index is 0.0301. The summed E-state index contributed by atoms with van der Waals surface area (Å²) in [4.78, 5) is 24.7. The van der Waals surface area contributed by atoms with Gasteiger partial charge in [0.25, 0.3) is 5.91 Å². The van der Waals surface area contributed by atoms with Gasteiger partial charge >= 0.3 is 5.97 Å². The fraction of sp³-hybridized carbons (Fsp3) is 0.500. The fourth-order valence-corrected chi connectivity index (χ4v) is 2.56. The van der Waals surface area contributed by atoms with Crippen molar-refractivity contribution in [2.45, 2.75) is 32.0 Å². The summed E-state index contributed by atoms with van der Waals surface area (Å²) in [5.74, 6) is -1.52. The lowest BCUT2D eigenvalue weighted by molar-refractivity contribution is -0.141. The molecular weight excluding hydrogens is 272 g/mol. The predicted octanol–water partition coefficient (Wildman–Crippen LogP) is 0.821. The first kappa shape index (κ1) is 13.9. The van der Waals surface area contributed by atoms with Gasteiger partial charge in [-0.2, -0.15) is 0 Å². The number of carbonyl (C=O) groups excluding carboxylic acids is 1. The van der Waals surface area contributed by atoms with Crippen LogP contribution < -0.4 is 0 Å². The molecule has 0 aromatic carbocycles. The molecule has 6 nitrogen and oxygen atoms in total. The van der Waals surface area contributed by atoms with E-state index in [1.165, 1.54) is 11.0 Å². The van der Waals surface area contributed by atoms with Gasteiger partial charge < -0.3 is 19.7 Å². The molecular formula is C12H15ClN2O4. The number of carboxylic acid groups (broad SMARTS) is 1. The number of halogens is 1. The van der Waals surface area contributed by atoms with Crippen molar-refractivity contribution in [3.63, 3.8) is 0 Å². The molecule has 1 fully saturated rings.